The Balaban J connectivity index is 1.68. The Labute approximate surface area is 145 Å². The molecule has 0 radical (unpaired) electrons. The fourth-order valence-corrected chi connectivity index (χ4v) is 4.56. The first-order valence-corrected chi connectivity index (χ1v) is 9.34. The molecule has 2 aliphatic rings. The van der Waals surface area contributed by atoms with Crippen LogP contribution in [0.5, 0.6) is 0 Å². The van der Waals surface area contributed by atoms with Gasteiger partial charge in [-0.05, 0) is 60.4 Å². The van der Waals surface area contributed by atoms with Gasteiger partial charge in [0.15, 0.2) is 0 Å². The molecule has 1 aliphatic heterocycles. The molecule has 0 amide bonds. The van der Waals surface area contributed by atoms with Crippen molar-refractivity contribution < 1.29 is 5.11 Å². The maximum atomic E-state index is 9.55. The number of aliphatic hydroxyl groups is 1. The van der Waals surface area contributed by atoms with Gasteiger partial charge in [-0.25, -0.2) is 0 Å². The van der Waals surface area contributed by atoms with E-state index in [1.165, 1.54) is 35.1 Å². The number of fused-ring (bicyclic) bond motifs is 2. The minimum Gasteiger partial charge on any atom is -0.396 e. The van der Waals surface area contributed by atoms with Gasteiger partial charge in [0.1, 0.15) is 0 Å². The molecule has 1 aliphatic carbocycles. The quantitative estimate of drug-likeness (QED) is 0.933. The fraction of sp³-hybridized carbons (Fsp3) is 0.455. The van der Waals surface area contributed by atoms with Crippen molar-refractivity contribution in [1.82, 2.24) is 4.90 Å². The number of hydrogen-bond acceptors (Lipinski definition) is 2. The molecule has 1 unspecified atom stereocenters. The van der Waals surface area contributed by atoms with Crippen LogP contribution in [0.4, 0.5) is 0 Å². The van der Waals surface area contributed by atoms with Crippen LogP contribution >= 0.6 is 0 Å². The van der Waals surface area contributed by atoms with E-state index >= 15 is 0 Å². The molecular weight excluding hydrogens is 294 g/mol. The highest BCUT2D eigenvalue weighted by molar-refractivity contribution is 5.45. The van der Waals surface area contributed by atoms with E-state index in [0.29, 0.717) is 18.4 Å². The minimum atomic E-state index is 0.328. The third-order valence-corrected chi connectivity index (χ3v) is 5.83. The number of aliphatic hydroxyl groups excluding tert-OH is 1. The van der Waals surface area contributed by atoms with Crippen molar-refractivity contribution in [2.75, 3.05) is 26.2 Å². The molecule has 2 heteroatoms. The highest BCUT2D eigenvalue weighted by Gasteiger charge is 2.27. The summed E-state index contributed by atoms with van der Waals surface area (Å²) in [5.74, 6) is 0.910. The lowest BCUT2D eigenvalue weighted by molar-refractivity contribution is 0.118. The zero-order valence-corrected chi connectivity index (χ0v) is 14.3. The Kier molecular flexibility index (Phi) is 4.68. The van der Waals surface area contributed by atoms with Crippen LogP contribution in [0.3, 0.4) is 0 Å². The smallest absolute Gasteiger partial charge is 0.0471 e. The third kappa shape index (κ3) is 3.13. The Bertz CT molecular complexity index is 648. The first-order chi connectivity index (χ1) is 11.8. The van der Waals surface area contributed by atoms with Crippen LogP contribution < -0.4 is 0 Å². The first-order valence-electron chi connectivity index (χ1n) is 9.34. The molecule has 1 N–H and O–H groups in total. The number of aryl methyl sites for hydroxylation is 2. The van der Waals surface area contributed by atoms with Gasteiger partial charge in [0, 0.05) is 25.6 Å². The Morgan fingerprint density at radius 1 is 0.917 bits per heavy atom. The average molecular weight is 321 g/mol. The number of rotatable bonds is 3. The summed E-state index contributed by atoms with van der Waals surface area (Å²) in [5, 5.41) is 9.55. The molecule has 0 spiro atoms. The molecule has 1 atom stereocenters. The van der Waals surface area contributed by atoms with Crippen LogP contribution in [0, 0.1) is 5.92 Å². The molecule has 0 saturated carbocycles. The topological polar surface area (TPSA) is 23.5 Å². The van der Waals surface area contributed by atoms with E-state index < -0.39 is 0 Å². The predicted octanol–water partition coefficient (Wildman–Crippen LogP) is 3.62. The second-order valence-electron chi connectivity index (χ2n) is 7.40. The van der Waals surface area contributed by atoms with E-state index in [0.717, 1.165) is 32.5 Å². The lowest BCUT2D eigenvalue weighted by atomic mass is 9.86. The summed E-state index contributed by atoms with van der Waals surface area (Å²) in [5.41, 5.74) is 6.03. The number of nitrogens with zero attached hydrogens (tertiary/aromatic N) is 1. The molecule has 1 fully saturated rings. The molecule has 2 aromatic rings. The van der Waals surface area contributed by atoms with Crippen LogP contribution in [0.1, 0.15) is 41.0 Å². The van der Waals surface area contributed by atoms with E-state index in [9.17, 15) is 5.11 Å². The van der Waals surface area contributed by atoms with E-state index in [4.69, 9.17) is 0 Å². The zero-order valence-electron chi connectivity index (χ0n) is 14.3. The maximum Gasteiger partial charge on any atom is 0.0471 e. The highest BCUT2D eigenvalue weighted by atomic mass is 16.3. The lowest BCUT2D eigenvalue weighted by Gasteiger charge is -2.35. The van der Waals surface area contributed by atoms with Crippen LogP contribution in [0.25, 0.3) is 0 Å². The van der Waals surface area contributed by atoms with E-state index in [-0.39, 0.29) is 0 Å². The summed E-state index contributed by atoms with van der Waals surface area (Å²) in [6.07, 6.45) is 4.66. The Morgan fingerprint density at radius 3 is 2.17 bits per heavy atom. The largest absolute Gasteiger partial charge is 0.396 e. The van der Waals surface area contributed by atoms with Gasteiger partial charge >= 0.3 is 0 Å². The van der Waals surface area contributed by atoms with Crippen LogP contribution in [-0.4, -0.2) is 36.2 Å². The number of benzene rings is 2. The third-order valence-electron chi connectivity index (χ3n) is 5.83. The van der Waals surface area contributed by atoms with Gasteiger partial charge in [0.25, 0.3) is 0 Å². The zero-order chi connectivity index (χ0) is 16.4. The summed E-state index contributed by atoms with van der Waals surface area (Å²) in [6, 6.07) is 18.0. The van der Waals surface area contributed by atoms with Crippen molar-refractivity contribution in [3.63, 3.8) is 0 Å². The molecular formula is C22H27NO. The Morgan fingerprint density at radius 2 is 1.54 bits per heavy atom. The predicted molar refractivity (Wildman–Crippen MR) is 98.4 cm³/mol. The average Bonchev–Trinajstić information content (AvgIpc) is 2.80. The van der Waals surface area contributed by atoms with Crippen LogP contribution in [0.15, 0.2) is 48.5 Å². The highest BCUT2D eigenvalue weighted by Crippen LogP contribution is 2.35. The number of hydrogen-bond donors (Lipinski definition) is 1. The second-order valence-corrected chi connectivity index (χ2v) is 7.40. The molecule has 4 rings (SSSR count). The molecule has 2 nitrogen and oxygen atoms in total. The van der Waals surface area contributed by atoms with Gasteiger partial charge in [-0.3, -0.25) is 0 Å². The summed E-state index contributed by atoms with van der Waals surface area (Å²) < 4.78 is 0. The monoisotopic (exact) mass is 321 g/mol. The van der Waals surface area contributed by atoms with Crippen molar-refractivity contribution in [2.24, 2.45) is 5.92 Å². The SMILES string of the molecule is OCC1CCCN(CC2c3ccccc3CCc3ccccc32)C1. The Hall–Kier alpha value is -1.64. The van der Waals surface area contributed by atoms with Gasteiger partial charge in [0.05, 0.1) is 0 Å². The summed E-state index contributed by atoms with van der Waals surface area (Å²) >= 11 is 0. The second kappa shape index (κ2) is 7.08. The van der Waals surface area contributed by atoms with E-state index in [2.05, 4.69) is 53.4 Å². The summed E-state index contributed by atoms with van der Waals surface area (Å²) in [4.78, 5) is 2.58. The molecule has 126 valence electrons. The lowest BCUT2D eigenvalue weighted by Crippen LogP contribution is -2.39. The van der Waals surface area contributed by atoms with Gasteiger partial charge in [-0.1, -0.05) is 48.5 Å². The maximum absolute atomic E-state index is 9.55. The minimum absolute atomic E-state index is 0.328. The van der Waals surface area contributed by atoms with Crippen molar-refractivity contribution in [3.05, 3.63) is 70.8 Å². The number of likely N-dealkylation sites (tertiary alicyclic amines) is 1. The van der Waals surface area contributed by atoms with Gasteiger partial charge in [-0.2, -0.15) is 0 Å². The normalized spacial score (nSPS) is 21.8. The van der Waals surface area contributed by atoms with Crippen LogP contribution in [0.2, 0.25) is 0 Å². The van der Waals surface area contributed by atoms with Gasteiger partial charge in [0.2, 0.25) is 0 Å². The standard InChI is InChI=1S/C22H27NO/c24-16-17-6-5-13-23(14-17)15-22-20-9-3-1-7-18(20)11-12-19-8-2-4-10-21(19)22/h1-4,7-10,17,22,24H,5-6,11-16H2. The first kappa shape index (κ1) is 15.9. The van der Waals surface area contributed by atoms with E-state index in [1.807, 2.05) is 0 Å². The molecule has 0 aromatic heterocycles. The summed E-state index contributed by atoms with van der Waals surface area (Å²) in [6.45, 7) is 3.60. The number of piperidine rings is 1. The van der Waals surface area contributed by atoms with Gasteiger partial charge in [-0.15, -0.1) is 0 Å². The van der Waals surface area contributed by atoms with Crippen LogP contribution in [-0.2, 0) is 12.8 Å². The van der Waals surface area contributed by atoms with Crippen molar-refractivity contribution in [2.45, 2.75) is 31.6 Å². The van der Waals surface area contributed by atoms with Crippen molar-refractivity contribution in [3.8, 4) is 0 Å². The van der Waals surface area contributed by atoms with Crippen molar-refractivity contribution in [1.29, 1.82) is 0 Å². The summed E-state index contributed by atoms with van der Waals surface area (Å²) in [7, 11) is 0. The molecule has 2 aromatic carbocycles. The van der Waals surface area contributed by atoms with Crippen molar-refractivity contribution >= 4 is 0 Å². The molecule has 1 heterocycles. The van der Waals surface area contributed by atoms with E-state index in [1.54, 1.807) is 0 Å². The molecule has 0 bridgehead atoms. The van der Waals surface area contributed by atoms with Gasteiger partial charge < -0.3 is 10.0 Å². The fourth-order valence-electron chi connectivity index (χ4n) is 4.56. The molecule has 1 saturated heterocycles. The molecule has 24 heavy (non-hydrogen) atoms.